The molecule has 0 aliphatic carbocycles. The third-order valence-corrected chi connectivity index (χ3v) is 3.42. The van der Waals surface area contributed by atoms with Crippen molar-refractivity contribution >= 4 is 23.5 Å². The van der Waals surface area contributed by atoms with Crippen LogP contribution in [0.15, 0.2) is 36.5 Å². The van der Waals surface area contributed by atoms with Gasteiger partial charge in [-0.15, -0.1) is 0 Å². The monoisotopic (exact) mass is 307 g/mol. The maximum absolute atomic E-state index is 12.1. The largest absolute Gasteiger partial charge is 0.477 e. The molecule has 1 heterocycles. The van der Waals surface area contributed by atoms with Crippen molar-refractivity contribution in [3.63, 3.8) is 0 Å². The normalized spacial score (nSPS) is 11.9. The quantitative estimate of drug-likeness (QED) is 0.886. The van der Waals surface area contributed by atoms with E-state index in [4.69, 9.17) is 16.7 Å². The molecule has 0 aliphatic heterocycles. The van der Waals surface area contributed by atoms with Gasteiger partial charge in [0.1, 0.15) is 11.7 Å². The fourth-order valence-electron chi connectivity index (χ4n) is 1.88. The van der Waals surface area contributed by atoms with Crippen LogP contribution in [0.1, 0.15) is 29.0 Å². The molecule has 2 aromatic rings. The number of amides is 1. The molecule has 0 spiro atoms. The molecule has 0 saturated heterocycles. The highest BCUT2D eigenvalue weighted by Crippen LogP contribution is 2.15. The Morgan fingerprint density at radius 3 is 2.76 bits per heavy atom. The molecule has 2 N–H and O–H groups in total. The number of halogens is 1. The van der Waals surface area contributed by atoms with Gasteiger partial charge in [-0.1, -0.05) is 29.8 Å². The van der Waals surface area contributed by atoms with Gasteiger partial charge in [0, 0.05) is 17.8 Å². The van der Waals surface area contributed by atoms with Gasteiger partial charge < -0.3 is 10.4 Å². The van der Waals surface area contributed by atoms with Crippen LogP contribution >= 0.6 is 11.6 Å². The third kappa shape index (κ3) is 3.41. The van der Waals surface area contributed by atoms with Crippen LogP contribution in [0.4, 0.5) is 0 Å². The summed E-state index contributed by atoms with van der Waals surface area (Å²) in [5, 5.41) is 16.2. The second-order valence-electron chi connectivity index (χ2n) is 4.45. The summed E-state index contributed by atoms with van der Waals surface area (Å²) < 4.78 is 1.17. The highest BCUT2D eigenvalue weighted by molar-refractivity contribution is 6.31. The fraction of sp³-hybridized carbons (Fsp3) is 0.214. The summed E-state index contributed by atoms with van der Waals surface area (Å²) in [5.74, 6) is -1.46. The van der Waals surface area contributed by atoms with E-state index in [1.807, 2.05) is 12.1 Å². The van der Waals surface area contributed by atoms with E-state index in [0.29, 0.717) is 5.02 Å². The average molecular weight is 308 g/mol. The zero-order valence-corrected chi connectivity index (χ0v) is 12.0. The first-order valence-corrected chi connectivity index (χ1v) is 6.66. The number of aromatic nitrogens is 2. The van der Waals surface area contributed by atoms with Gasteiger partial charge in [0.15, 0.2) is 0 Å². The third-order valence-electron chi connectivity index (χ3n) is 3.05. The zero-order valence-electron chi connectivity index (χ0n) is 11.3. The average Bonchev–Trinajstić information content (AvgIpc) is 2.95. The molecule has 2 rings (SSSR count). The summed E-state index contributed by atoms with van der Waals surface area (Å²) in [7, 11) is 0. The molecular weight excluding hydrogens is 294 g/mol. The highest BCUT2D eigenvalue weighted by Gasteiger charge is 2.21. The van der Waals surface area contributed by atoms with Crippen molar-refractivity contribution in [2.45, 2.75) is 19.5 Å². The van der Waals surface area contributed by atoms with E-state index < -0.39 is 12.0 Å². The number of hydrogen-bond acceptors (Lipinski definition) is 3. The van der Waals surface area contributed by atoms with Crippen LogP contribution in [0, 0.1) is 0 Å². The summed E-state index contributed by atoms with van der Waals surface area (Å²) >= 11 is 6.01. The van der Waals surface area contributed by atoms with Crippen molar-refractivity contribution < 1.29 is 14.7 Å². The van der Waals surface area contributed by atoms with Gasteiger partial charge in [-0.25, -0.2) is 9.48 Å². The summed E-state index contributed by atoms with van der Waals surface area (Å²) in [5.41, 5.74) is 0.758. The van der Waals surface area contributed by atoms with Crippen LogP contribution in [0.5, 0.6) is 0 Å². The lowest BCUT2D eigenvalue weighted by molar-refractivity contribution is -0.124. The number of carboxylic acids is 1. The van der Waals surface area contributed by atoms with Crippen molar-refractivity contribution in [3.8, 4) is 0 Å². The summed E-state index contributed by atoms with van der Waals surface area (Å²) in [4.78, 5) is 23.1. The minimum atomic E-state index is -1.13. The van der Waals surface area contributed by atoms with Gasteiger partial charge in [0.25, 0.3) is 0 Å². The Bertz CT molecular complexity index is 669. The van der Waals surface area contributed by atoms with E-state index >= 15 is 0 Å². The highest BCUT2D eigenvalue weighted by atomic mass is 35.5. The molecule has 21 heavy (non-hydrogen) atoms. The molecule has 110 valence electrons. The molecule has 0 saturated carbocycles. The first-order chi connectivity index (χ1) is 10.0. The second-order valence-corrected chi connectivity index (χ2v) is 4.86. The number of carbonyl (C=O) groups excluding carboxylic acids is 1. The Morgan fingerprint density at radius 2 is 2.10 bits per heavy atom. The van der Waals surface area contributed by atoms with Crippen LogP contribution in [-0.2, 0) is 11.3 Å². The Kier molecular flexibility index (Phi) is 4.59. The van der Waals surface area contributed by atoms with Crippen LogP contribution in [0.2, 0.25) is 5.02 Å². The molecule has 1 amide bonds. The predicted octanol–water partition coefficient (Wildman–Crippen LogP) is 2.11. The topological polar surface area (TPSA) is 84.2 Å². The lowest BCUT2D eigenvalue weighted by Gasteiger charge is -2.14. The van der Waals surface area contributed by atoms with Crippen LogP contribution < -0.4 is 5.32 Å². The fourth-order valence-corrected chi connectivity index (χ4v) is 2.08. The standard InChI is InChI=1S/C14H14ClN3O3/c1-9(18-12(14(20)21)6-7-17-18)13(19)16-8-10-4-2-3-5-11(10)15/h2-7,9H,8H2,1H3,(H,16,19)(H,20,21). The number of nitrogens with one attached hydrogen (secondary N) is 1. The summed E-state index contributed by atoms with van der Waals surface area (Å²) in [6.07, 6.45) is 1.35. The van der Waals surface area contributed by atoms with Gasteiger partial charge in [-0.3, -0.25) is 4.79 Å². The van der Waals surface area contributed by atoms with E-state index in [1.165, 1.54) is 16.9 Å². The number of carbonyl (C=O) groups is 2. The SMILES string of the molecule is CC(C(=O)NCc1ccccc1Cl)n1nccc1C(=O)O. The van der Waals surface area contributed by atoms with Gasteiger partial charge in [0.05, 0.1) is 0 Å². The Morgan fingerprint density at radius 1 is 1.38 bits per heavy atom. The van der Waals surface area contributed by atoms with Crippen molar-refractivity contribution in [1.29, 1.82) is 0 Å². The van der Waals surface area contributed by atoms with E-state index in [0.717, 1.165) is 5.56 Å². The number of aromatic carboxylic acids is 1. The number of nitrogens with zero attached hydrogens (tertiary/aromatic N) is 2. The van der Waals surface area contributed by atoms with E-state index in [9.17, 15) is 9.59 Å². The minimum absolute atomic E-state index is 0.0320. The lowest BCUT2D eigenvalue weighted by Crippen LogP contribution is -2.32. The molecule has 1 atom stereocenters. The maximum Gasteiger partial charge on any atom is 0.354 e. The van der Waals surface area contributed by atoms with Gasteiger partial charge in [0.2, 0.25) is 5.91 Å². The van der Waals surface area contributed by atoms with Crippen molar-refractivity contribution in [3.05, 3.63) is 52.8 Å². The van der Waals surface area contributed by atoms with Gasteiger partial charge >= 0.3 is 5.97 Å². The first-order valence-electron chi connectivity index (χ1n) is 6.28. The van der Waals surface area contributed by atoms with Crippen LogP contribution in [0.25, 0.3) is 0 Å². The van der Waals surface area contributed by atoms with Gasteiger partial charge in [-0.2, -0.15) is 5.10 Å². The van der Waals surface area contributed by atoms with Crippen molar-refractivity contribution in [1.82, 2.24) is 15.1 Å². The number of hydrogen-bond donors (Lipinski definition) is 2. The predicted molar refractivity (Wildman–Crippen MR) is 77.2 cm³/mol. The number of rotatable bonds is 5. The van der Waals surface area contributed by atoms with Crippen LogP contribution in [-0.4, -0.2) is 26.8 Å². The van der Waals surface area contributed by atoms with E-state index in [-0.39, 0.29) is 18.1 Å². The minimum Gasteiger partial charge on any atom is -0.477 e. The molecule has 1 aromatic heterocycles. The first kappa shape index (κ1) is 15.1. The maximum atomic E-state index is 12.1. The lowest BCUT2D eigenvalue weighted by atomic mass is 10.2. The Hall–Kier alpha value is -2.34. The molecule has 0 fully saturated rings. The molecule has 0 radical (unpaired) electrons. The second kappa shape index (κ2) is 6.41. The Balaban J connectivity index is 2.05. The van der Waals surface area contributed by atoms with Crippen LogP contribution in [0.3, 0.4) is 0 Å². The summed E-state index contributed by atoms with van der Waals surface area (Å²) in [6, 6.07) is 7.80. The van der Waals surface area contributed by atoms with Crippen molar-refractivity contribution in [2.24, 2.45) is 0 Å². The zero-order chi connectivity index (χ0) is 15.4. The molecule has 0 aliphatic rings. The van der Waals surface area contributed by atoms with Gasteiger partial charge in [-0.05, 0) is 24.6 Å². The molecule has 0 bridgehead atoms. The smallest absolute Gasteiger partial charge is 0.354 e. The molecule has 1 aromatic carbocycles. The number of benzene rings is 1. The Labute approximate surface area is 126 Å². The molecule has 1 unspecified atom stereocenters. The molecule has 7 heteroatoms. The van der Waals surface area contributed by atoms with Crippen molar-refractivity contribution in [2.75, 3.05) is 0 Å². The van der Waals surface area contributed by atoms with E-state index in [1.54, 1.807) is 19.1 Å². The van der Waals surface area contributed by atoms with E-state index in [2.05, 4.69) is 10.4 Å². The summed E-state index contributed by atoms with van der Waals surface area (Å²) in [6.45, 7) is 1.86. The molecular formula is C14H14ClN3O3. The number of carboxylic acid groups (broad SMARTS) is 1. The molecule has 6 nitrogen and oxygen atoms in total.